The number of hydroxylamine groups is 2. The molecule has 9 N–H and O–H groups in total. The predicted octanol–water partition coefficient (Wildman–Crippen LogP) is -1.47. The van der Waals surface area contributed by atoms with Gasteiger partial charge in [-0.1, -0.05) is 25.7 Å². The van der Waals surface area contributed by atoms with Crippen LogP contribution in [0.15, 0.2) is 0 Å². The topological polar surface area (TPSA) is 435 Å². The predicted molar refractivity (Wildman–Crippen MR) is 343 cm³/mol. The van der Waals surface area contributed by atoms with Crippen LogP contribution in [0.4, 0.5) is 14.4 Å². The van der Waals surface area contributed by atoms with Crippen LogP contribution in [0.25, 0.3) is 0 Å². The van der Waals surface area contributed by atoms with Gasteiger partial charge in [0.15, 0.2) is 16.3 Å². The van der Waals surface area contributed by atoms with E-state index in [2.05, 4.69) is 61.8 Å². The number of nitrogens with zero attached hydrogens (tertiary/aromatic N) is 9. The third kappa shape index (κ3) is 21.3. The molecule has 0 saturated carbocycles. The minimum Gasteiger partial charge on any atom is -0.731 e. The second-order valence-electron chi connectivity index (χ2n) is 27.3. The molecular formula is C57H101N15O19S4. The molecule has 0 aromatic heterocycles. The van der Waals surface area contributed by atoms with Crippen LogP contribution in [-0.2, 0) is 70.7 Å². The van der Waals surface area contributed by atoms with Crippen molar-refractivity contribution in [2.45, 2.75) is 221 Å². The lowest BCUT2D eigenvalue weighted by molar-refractivity contribution is -0.664. The summed E-state index contributed by atoms with van der Waals surface area (Å²) in [4.78, 5) is 109. The van der Waals surface area contributed by atoms with E-state index in [4.69, 9.17) is 13.9 Å². The van der Waals surface area contributed by atoms with Crippen molar-refractivity contribution < 1.29 is 91.6 Å². The highest BCUT2D eigenvalue weighted by molar-refractivity contribution is 7.85. The maximum Gasteiger partial charge on any atom is 0.432 e. The Hall–Kier alpha value is -5.00. The smallest absolute Gasteiger partial charge is 0.432 e. The normalized spacial score (nSPS) is 30.1. The highest BCUT2D eigenvalue weighted by Gasteiger charge is 2.62. The first-order valence-electron chi connectivity index (χ1n) is 33.3. The Kier molecular flexibility index (Phi) is 27.8. The van der Waals surface area contributed by atoms with Crippen molar-refractivity contribution in [3.63, 3.8) is 0 Å². The van der Waals surface area contributed by atoms with Gasteiger partial charge in [0.05, 0.1) is 34.4 Å². The van der Waals surface area contributed by atoms with E-state index >= 15 is 0 Å². The number of likely N-dealkylation sites (tertiary alicyclic amines) is 5. The van der Waals surface area contributed by atoms with Gasteiger partial charge in [-0.05, 0) is 184 Å². The average molecular weight is 1430 g/mol. The van der Waals surface area contributed by atoms with Crippen LogP contribution < -0.4 is 31.3 Å². The summed E-state index contributed by atoms with van der Waals surface area (Å²) < 4.78 is 111. The van der Waals surface area contributed by atoms with Crippen LogP contribution >= 0.6 is 0 Å². The monoisotopic (exact) mass is 1430 g/mol. The van der Waals surface area contributed by atoms with Crippen molar-refractivity contribution in [1.82, 2.24) is 68.5 Å². The molecule has 34 nitrogen and oxygen atoms in total. The average Bonchev–Trinajstić information content (AvgIpc) is 1.42. The number of imide groups is 1. The standard InChI is InChI=1S/C14H24N4O5S.C13H22N4O5S.C13H21N3O4.C12H26N2OS.C5H8N2O4S/c1-16-7-3-2-4-10(5-8-16)15-14(20)17-9-6-11-12(17)13(19)18(11)24(21,22)23;18-12-11-10(17(12)23(20,21)22)5-8-16(11)13(19)15-9-3-1-2-6-14-7-4-9;1-15-8-3-2-4-10(7-9-15)14-13(19)20-16-11(17)5-6-12(16)18;1-12(2,3)16(15)13-11-7-5-6-9-14(4)10-8-11;8-5-4-3(1-2-6-4)7(5)12(9,10)11/h10-12H,2-9H2,1H3,(H,15,20)(H,21,22,23);9-11,14H,1-8H2,(H,15,19)(H,20,21,22);10H,2-9H2,1H3,(H,14,19);11,13H,5-10H2,1-4H3;3-4,6H,1-2H2,(H,9,10,11)/t10?,11-,12+;9?,10-,11+;;11?,16-;3-,4+/m11.11/s1. The molecule has 11 saturated heterocycles. The summed E-state index contributed by atoms with van der Waals surface area (Å²) in [6, 6.07) is -3.59. The summed E-state index contributed by atoms with van der Waals surface area (Å²) in [6.45, 7) is 15.5. The lowest BCUT2D eigenvalue weighted by Gasteiger charge is -2.42. The Bertz CT molecular complexity index is 3070. The van der Waals surface area contributed by atoms with E-state index in [0.29, 0.717) is 62.9 Å². The molecule has 11 aliphatic heterocycles. The van der Waals surface area contributed by atoms with E-state index < -0.39 is 102 Å². The number of β-lactam (4-membered cyclic amide) rings is 3. The molecule has 542 valence electrons. The number of nitrogens with two attached hydrogens (primary N) is 1. The fourth-order valence-electron chi connectivity index (χ4n) is 13.6. The molecule has 0 bridgehead atoms. The van der Waals surface area contributed by atoms with E-state index in [1.807, 2.05) is 20.8 Å². The van der Waals surface area contributed by atoms with E-state index in [9.17, 15) is 72.4 Å². The molecule has 4 unspecified atom stereocenters. The van der Waals surface area contributed by atoms with Crippen LogP contribution in [0.2, 0.25) is 0 Å². The van der Waals surface area contributed by atoms with Crippen LogP contribution in [-0.4, -0.2) is 292 Å². The Morgan fingerprint density at radius 1 is 0.537 bits per heavy atom. The zero-order chi connectivity index (χ0) is 69.7. The molecule has 11 atom stereocenters. The number of carbonyl (C=O) groups excluding carboxylic acids is 8. The van der Waals surface area contributed by atoms with Crippen molar-refractivity contribution in [3.05, 3.63) is 0 Å². The number of hydrogen-bond donors (Lipinski definition) is 8. The molecular weight excluding hydrogens is 1330 g/mol. The molecule has 0 aliphatic carbocycles. The summed E-state index contributed by atoms with van der Waals surface area (Å²) in [5, 5.41) is 14.3. The number of urea groups is 2. The zero-order valence-electron chi connectivity index (χ0n) is 55.5. The largest absolute Gasteiger partial charge is 0.731 e. The maximum absolute atomic E-state index is 12.5. The highest BCUT2D eigenvalue weighted by Crippen LogP contribution is 2.37. The number of quaternary nitrogens is 1. The molecule has 38 heteroatoms. The van der Waals surface area contributed by atoms with E-state index in [0.717, 1.165) is 136 Å². The van der Waals surface area contributed by atoms with Gasteiger partial charge < -0.3 is 60.5 Å². The second kappa shape index (κ2) is 34.2. The van der Waals surface area contributed by atoms with Crippen LogP contribution in [0.3, 0.4) is 0 Å². The molecule has 11 heterocycles. The Balaban J connectivity index is 0.000000171. The molecule has 0 aromatic rings. The number of carbonyl (C=O) groups is 8. The summed E-state index contributed by atoms with van der Waals surface area (Å²) in [5.41, 5.74) is 0. The fourth-order valence-corrected chi connectivity index (χ4v) is 17.2. The summed E-state index contributed by atoms with van der Waals surface area (Å²) >= 11 is 0. The number of nitrogens with one attached hydrogen (secondary N) is 5. The molecule has 11 aliphatic rings. The number of amides is 10. The highest BCUT2D eigenvalue weighted by atomic mass is 32.2. The first-order valence-corrected chi connectivity index (χ1v) is 38.6. The number of hydrogen-bond acceptors (Lipinski definition) is 21. The lowest BCUT2D eigenvalue weighted by atomic mass is 10.0. The second-order valence-corrected chi connectivity index (χ2v) is 33.1. The van der Waals surface area contributed by atoms with Crippen molar-refractivity contribution in [2.24, 2.45) is 0 Å². The molecule has 11 fully saturated rings. The lowest BCUT2D eigenvalue weighted by Crippen LogP contribution is -2.95. The fraction of sp³-hybridized carbons (Fsp3) is 0.860. The molecule has 11 rings (SSSR count). The van der Waals surface area contributed by atoms with Gasteiger partial charge in [0.1, 0.15) is 18.1 Å². The van der Waals surface area contributed by atoms with E-state index in [1.54, 1.807) is 5.32 Å². The van der Waals surface area contributed by atoms with Gasteiger partial charge in [-0.2, -0.15) is 16.8 Å². The van der Waals surface area contributed by atoms with Gasteiger partial charge in [0, 0.05) is 56.5 Å². The van der Waals surface area contributed by atoms with Crippen LogP contribution in [0, 0.1) is 0 Å². The number of rotatable bonds is 9. The Morgan fingerprint density at radius 3 is 1.42 bits per heavy atom. The van der Waals surface area contributed by atoms with Gasteiger partial charge in [-0.3, -0.25) is 33.1 Å². The molecule has 0 spiro atoms. The van der Waals surface area contributed by atoms with Crippen LogP contribution in [0.1, 0.15) is 156 Å². The Labute approximate surface area is 560 Å². The summed E-state index contributed by atoms with van der Waals surface area (Å²) in [5.74, 6) is -2.94. The third-order valence-electron chi connectivity index (χ3n) is 19.1. The minimum absolute atomic E-state index is 0.0260. The van der Waals surface area contributed by atoms with Gasteiger partial charge >= 0.3 is 38.8 Å². The van der Waals surface area contributed by atoms with Crippen molar-refractivity contribution in [2.75, 3.05) is 93.1 Å². The van der Waals surface area contributed by atoms with Crippen molar-refractivity contribution >= 4 is 89.6 Å². The molecule has 0 aromatic carbocycles. The van der Waals surface area contributed by atoms with Gasteiger partial charge in [-0.25, -0.2) is 44.6 Å². The van der Waals surface area contributed by atoms with Gasteiger partial charge in [0.25, 0.3) is 29.5 Å². The van der Waals surface area contributed by atoms with Crippen molar-refractivity contribution in [3.8, 4) is 0 Å². The van der Waals surface area contributed by atoms with E-state index in [1.165, 1.54) is 29.2 Å². The van der Waals surface area contributed by atoms with Crippen molar-refractivity contribution in [1.29, 1.82) is 0 Å². The first-order chi connectivity index (χ1) is 44.6. The molecule has 0 radical (unpaired) electrons. The summed E-state index contributed by atoms with van der Waals surface area (Å²) in [7, 11) is -8.27. The van der Waals surface area contributed by atoms with E-state index in [-0.39, 0.29) is 59.9 Å². The van der Waals surface area contributed by atoms with Crippen LogP contribution in [0.5, 0.6) is 0 Å². The van der Waals surface area contributed by atoms with Gasteiger partial charge in [0.2, 0.25) is 0 Å². The SMILES string of the molecule is CN1CCCCC(NC(=O)N2CC[C@@H]3[C@H]2C(=O)N3S(=O)(=O)O)CC1.CN1CCCCC(NC(=O)ON2C(=O)CCC2=O)CC1.CN1CCCCC(N[S@](=O)C(C)(C)C)CC1.O=C(NC1CCCCNCC1)N1CC[C@@H]2[C@H]1C(=O)N2S(=O)(=O)O.O=C1[C@H]2[NH2+]CC[C@H]2N1S(=O)(=O)[O-]. The zero-order valence-corrected chi connectivity index (χ0v) is 58.7. The Morgan fingerprint density at radius 2 is 0.968 bits per heavy atom. The summed E-state index contributed by atoms with van der Waals surface area (Å²) in [6.07, 6.45) is 17.2. The quantitative estimate of drug-likeness (QED) is 0.0742. The number of fused-ring (bicyclic) bond motifs is 3. The molecule has 10 amide bonds. The third-order valence-corrected chi connectivity index (χ3v) is 23.5. The molecule has 95 heavy (non-hydrogen) atoms. The minimum atomic E-state index is -4.56. The maximum atomic E-state index is 12.5. The van der Waals surface area contributed by atoms with Gasteiger partial charge in [-0.15, -0.1) is 5.06 Å². The first kappa shape index (κ1) is 77.4.